The number of thiazole rings is 1. The maximum absolute atomic E-state index is 6.13. The molecule has 1 heterocycles. The van der Waals surface area contributed by atoms with Crippen LogP contribution in [0.25, 0.3) is 11.3 Å². The molecule has 2 rings (SSSR count). The molecule has 2 aromatic rings. The maximum Gasteiger partial charge on any atom is 0.183 e. The summed E-state index contributed by atoms with van der Waals surface area (Å²) in [6, 6.07) is 7.77. The van der Waals surface area contributed by atoms with Crippen LogP contribution in [0.4, 0.5) is 5.13 Å². The fourth-order valence-electron chi connectivity index (χ4n) is 1.41. The van der Waals surface area contributed by atoms with Crippen LogP contribution >= 0.6 is 22.9 Å². The van der Waals surface area contributed by atoms with Crippen LogP contribution < -0.4 is 5.32 Å². The highest BCUT2D eigenvalue weighted by molar-refractivity contribution is 7.16. The normalized spacial score (nSPS) is 10.3. The van der Waals surface area contributed by atoms with E-state index in [-0.39, 0.29) is 0 Å². The van der Waals surface area contributed by atoms with Crippen molar-refractivity contribution in [3.63, 3.8) is 0 Å². The van der Waals surface area contributed by atoms with Crippen molar-refractivity contribution in [2.45, 2.75) is 6.92 Å². The van der Waals surface area contributed by atoms with E-state index in [2.05, 4.69) is 17.2 Å². The first-order chi connectivity index (χ1) is 7.22. The lowest BCUT2D eigenvalue weighted by atomic mass is 10.1. The second-order valence-corrected chi connectivity index (χ2v) is 4.76. The molecule has 78 valence electrons. The topological polar surface area (TPSA) is 24.9 Å². The summed E-state index contributed by atoms with van der Waals surface area (Å²) in [7, 11) is 1.87. The number of hydrogen-bond donors (Lipinski definition) is 1. The largest absolute Gasteiger partial charge is 0.365 e. The van der Waals surface area contributed by atoms with Crippen LogP contribution in [0.1, 0.15) is 4.88 Å². The summed E-state index contributed by atoms with van der Waals surface area (Å²) in [6.45, 7) is 2.05. The van der Waals surface area contributed by atoms with E-state index in [9.17, 15) is 0 Å². The number of halogens is 1. The molecule has 0 radical (unpaired) electrons. The third kappa shape index (κ3) is 1.98. The van der Waals surface area contributed by atoms with Crippen molar-refractivity contribution >= 4 is 28.1 Å². The van der Waals surface area contributed by atoms with Gasteiger partial charge in [0.05, 0.1) is 5.69 Å². The smallest absolute Gasteiger partial charge is 0.183 e. The van der Waals surface area contributed by atoms with Gasteiger partial charge < -0.3 is 5.32 Å². The van der Waals surface area contributed by atoms with Crippen molar-refractivity contribution in [1.82, 2.24) is 4.98 Å². The van der Waals surface area contributed by atoms with Gasteiger partial charge in [-0.15, -0.1) is 11.3 Å². The van der Waals surface area contributed by atoms with E-state index in [4.69, 9.17) is 11.6 Å². The molecule has 1 N–H and O–H groups in total. The molecule has 0 amide bonds. The Bertz CT molecular complexity index is 479. The third-order valence-electron chi connectivity index (χ3n) is 2.14. The van der Waals surface area contributed by atoms with Gasteiger partial charge in [0.2, 0.25) is 0 Å². The summed E-state index contributed by atoms with van der Waals surface area (Å²) in [5.41, 5.74) is 1.96. The van der Waals surface area contributed by atoms with E-state index in [0.29, 0.717) is 0 Å². The van der Waals surface area contributed by atoms with Crippen LogP contribution in [0.2, 0.25) is 5.02 Å². The maximum atomic E-state index is 6.13. The molecule has 1 aromatic heterocycles. The zero-order chi connectivity index (χ0) is 10.8. The van der Waals surface area contributed by atoms with Crippen LogP contribution in [-0.4, -0.2) is 12.0 Å². The molecule has 0 atom stereocenters. The van der Waals surface area contributed by atoms with E-state index >= 15 is 0 Å². The summed E-state index contributed by atoms with van der Waals surface area (Å²) < 4.78 is 0. The summed E-state index contributed by atoms with van der Waals surface area (Å²) in [6.07, 6.45) is 0. The molecule has 0 aliphatic rings. The second-order valence-electron chi connectivity index (χ2n) is 3.15. The van der Waals surface area contributed by atoms with E-state index in [1.54, 1.807) is 11.3 Å². The Kier molecular flexibility index (Phi) is 2.93. The average Bonchev–Trinajstić information content (AvgIpc) is 2.60. The molecular formula is C11H11ClN2S. The second kappa shape index (κ2) is 4.21. The fourth-order valence-corrected chi connectivity index (χ4v) is 2.41. The number of hydrogen-bond acceptors (Lipinski definition) is 3. The molecule has 0 saturated heterocycles. The molecule has 0 saturated carbocycles. The average molecular weight is 239 g/mol. The molecule has 15 heavy (non-hydrogen) atoms. The Morgan fingerprint density at radius 3 is 2.67 bits per heavy atom. The Morgan fingerprint density at radius 1 is 1.33 bits per heavy atom. The lowest BCUT2D eigenvalue weighted by molar-refractivity contribution is 1.34. The molecule has 0 aliphatic carbocycles. The highest BCUT2D eigenvalue weighted by atomic mass is 35.5. The molecule has 1 aromatic carbocycles. The van der Waals surface area contributed by atoms with Crippen molar-refractivity contribution < 1.29 is 0 Å². The molecule has 2 nitrogen and oxygen atoms in total. The molecule has 0 aliphatic heterocycles. The first-order valence-corrected chi connectivity index (χ1v) is 5.82. The van der Waals surface area contributed by atoms with Crippen molar-refractivity contribution in [2.75, 3.05) is 12.4 Å². The fraction of sp³-hybridized carbons (Fsp3) is 0.182. The molecule has 0 fully saturated rings. The SMILES string of the molecule is CNc1nc(-c2ccccc2Cl)c(C)s1. The highest BCUT2D eigenvalue weighted by Crippen LogP contribution is 2.33. The zero-order valence-corrected chi connectivity index (χ0v) is 10.1. The number of nitrogens with zero attached hydrogens (tertiary/aromatic N) is 1. The van der Waals surface area contributed by atoms with Gasteiger partial charge in [0.25, 0.3) is 0 Å². The third-order valence-corrected chi connectivity index (χ3v) is 3.46. The molecule has 0 spiro atoms. The van der Waals surface area contributed by atoms with Gasteiger partial charge in [-0.05, 0) is 13.0 Å². The molecular weight excluding hydrogens is 228 g/mol. The van der Waals surface area contributed by atoms with Crippen LogP contribution in [0.15, 0.2) is 24.3 Å². The lowest BCUT2D eigenvalue weighted by Gasteiger charge is -2.00. The Labute approximate surface area is 97.9 Å². The van der Waals surface area contributed by atoms with Gasteiger partial charge in [0, 0.05) is 22.5 Å². The van der Waals surface area contributed by atoms with Gasteiger partial charge in [-0.2, -0.15) is 0 Å². The predicted molar refractivity (Wildman–Crippen MR) is 66.8 cm³/mol. The van der Waals surface area contributed by atoms with Gasteiger partial charge in [0.15, 0.2) is 5.13 Å². The monoisotopic (exact) mass is 238 g/mol. The first kappa shape index (κ1) is 10.5. The molecule has 4 heteroatoms. The Balaban J connectivity index is 2.54. The standard InChI is InChI=1S/C11H11ClN2S/c1-7-10(14-11(13-2)15-7)8-5-3-4-6-9(8)12/h3-6H,1-2H3,(H,13,14). The quantitative estimate of drug-likeness (QED) is 0.861. The van der Waals surface area contributed by atoms with Crippen molar-refractivity contribution in [1.29, 1.82) is 0 Å². The Hall–Kier alpha value is -1.06. The van der Waals surface area contributed by atoms with Crippen molar-refractivity contribution in [3.8, 4) is 11.3 Å². The van der Waals surface area contributed by atoms with Crippen molar-refractivity contribution in [2.24, 2.45) is 0 Å². The van der Waals surface area contributed by atoms with Gasteiger partial charge in [-0.25, -0.2) is 4.98 Å². The summed E-state index contributed by atoms with van der Waals surface area (Å²) >= 11 is 7.76. The van der Waals surface area contributed by atoms with Gasteiger partial charge in [-0.3, -0.25) is 0 Å². The number of benzene rings is 1. The van der Waals surface area contributed by atoms with Crippen LogP contribution in [0, 0.1) is 6.92 Å². The molecule has 0 unspecified atom stereocenters. The van der Waals surface area contributed by atoms with Gasteiger partial charge >= 0.3 is 0 Å². The zero-order valence-electron chi connectivity index (χ0n) is 8.54. The summed E-state index contributed by atoms with van der Waals surface area (Å²) in [4.78, 5) is 5.66. The number of aromatic nitrogens is 1. The number of aryl methyl sites for hydroxylation is 1. The predicted octanol–water partition coefficient (Wildman–Crippen LogP) is 3.81. The minimum atomic E-state index is 0.744. The van der Waals surface area contributed by atoms with E-state index < -0.39 is 0 Å². The molecule has 0 bridgehead atoms. The number of anilines is 1. The van der Waals surface area contributed by atoms with Gasteiger partial charge in [-0.1, -0.05) is 29.8 Å². The van der Waals surface area contributed by atoms with E-state index in [1.807, 2.05) is 31.3 Å². The lowest BCUT2D eigenvalue weighted by Crippen LogP contribution is -1.86. The van der Waals surface area contributed by atoms with E-state index in [1.165, 1.54) is 4.88 Å². The number of nitrogens with one attached hydrogen (secondary N) is 1. The van der Waals surface area contributed by atoms with Crippen molar-refractivity contribution in [3.05, 3.63) is 34.2 Å². The van der Waals surface area contributed by atoms with Gasteiger partial charge in [0.1, 0.15) is 0 Å². The van der Waals surface area contributed by atoms with Crippen LogP contribution in [0.3, 0.4) is 0 Å². The highest BCUT2D eigenvalue weighted by Gasteiger charge is 2.11. The van der Waals surface area contributed by atoms with E-state index in [0.717, 1.165) is 21.4 Å². The minimum Gasteiger partial charge on any atom is -0.365 e. The Morgan fingerprint density at radius 2 is 2.07 bits per heavy atom. The first-order valence-electron chi connectivity index (χ1n) is 4.62. The van der Waals surface area contributed by atoms with Crippen LogP contribution in [-0.2, 0) is 0 Å². The summed E-state index contributed by atoms with van der Waals surface area (Å²) in [5.74, 6) is 0. The summed E-state index contributed by atoms with van der Waals surface area (Å²) in [5, 5.41) is 4.70. The minimum absolute atomic E-state index is 0.744. The van der Waals surface area contributed by atoms with Crippen LogP contribution in [0.5, 0.6) is 0 Å². The number of rotatable bonds is 2.